The van der Waals surface area contributed by atoms with Crippen molar-refractivity contribution in [1.82, 2.24) is 4.48 Å². The van der Waals surface area contributed by atoms with Gasteiger partial charge < -0.3 is 5.11 Å². The van der Waals surface area contributed by atoms with Gasteiger partial charge in [-0.25, -0.2) is 0 Å². The highest BCUT2D eigenvalue weighted by molar-refractivity contribution is 8.93. The number of rotatable bonds is 1. The molecule has 0 radical (unpaired) electrons. The predicted molar refractivity (Wildman–Crippen MR) is 65.3 cm³/mol. The first kappa shape index (κ1) is 13.5. The summed E-state index contributed by atoms with van der Waals surface area (Å²) in [5, 5.41) is 11.6. The maximum atomic E-state index is 11.6. The standard InChI is InChI=1S/C11H17NO.BrH/c1-8-6-7-10(12(3,4)5)9(2)11(8)13;/h6-7H,1-5H3;1H. The van der Waals surface area contributed by atoms with Gasteiger partial charge in [-0.05, 0) is 19.9 Å². The lowest BCUT2D eigenvalue weighted by Gasteiger charge is -2.28. The van der Waals surface area contributed by atoms with Crippen molar-refractivity contribution < 1.29 is 5.11 Å². The monoisotopic (exact) mass is 259 g/mol. The molecule has 1 aromatic carbocycles. The minimum absolute atomic E-state index is 0. The largest absolute Gasteiger partial charge is 0.872 e. The number of hydrogen-bond acceptors (Lipinski definition) is 1. The Bertz CT molecular complexity index is 329. The molecule has 0 aliphatic rings. The number of halogens is 1. The van der Waals surface area contributed by atoms with Crippen LogP contribution in [-0.2, 0) is 0 Å². The number of nitrogens with zero attached hydrogens (tertiary/aromatic N) is 1. The lowest BCUT2D eigenvalue weighted by atomic mass is 10.1. The van der Waals surface area contributed by atoms with Crippen molar-refractivity contribution in [3.8, 4) is 5.75 Å². The normalized spacial score (nSPS) is 10.9. The quantitative estimate of drug-likeness (QED) is 0.709. The fourth-order valence-corrected chi connectivity index (χ4v) is 1.54. The van der Waals surface area contributed by atoms with Gasteiger partial charge in [0.25, 0.3) is 0 Å². The second-order valence-corrected chi connectivity index (χ2v) is 4.37. The Labute approximate surface area is 96.5 Å². The molecule has 0 aliphatic carbocycles. The Morgan fingerprint density at radius 2 is 1.57 bits per heavy atom. The van der Waals surface area contributed by atoms with E-state index in [0.717, 1.165) is 16.8 Å². The Kier molecular flexibility index (Phi) is 4.15. The second kappa shape index (κ2) is 4.32. The van der Waals surface area contributed by atoms with E-state index in [0.29, 0.717) is 4.48 Å². The third kappa shape index (κ3) is 2.49. The fourth-order valence-electron chi connectivity index (χ4n) is 1.54. The van der Waals surface area contributed by atoms with Gasteiger partial charge in [0.15, 0.2) is 0 Å². The van der Waals surface area contributed by atoms with Crippen molar-refractivity contribution >= 4 is 22.7 Å². The number of hydrogen-bond donors (Lipinski definition) is 0. The molecule has 0 fully saturated rings. The van der Waals surface area contributed by atoms with Gasteiger partial charge in [-0.15, -0.1) is 17.0 Å². The molecule has 0 N–H and O–H groups in total. The molecular weight excluding hydrogens is 242 g/mol. The number of benzene rings is 1. The maximum Gasteiger partial charge on any atom is 0.134 e. The summed E-state index contributed by atoms with van der Waals surface area (Å²) in [7, 11) is 6.20. The zero-order valence-electron chi connectivity index (χ0n) is 9.42. The summed E-state index contributed by atoms with van der Waals surface area (Å²) in [4.78, 5) is 0. The van der Waals surface area contributed by atoms with Crippen molar-refractivity contribution in [1.29, 1.82) is 0 Å². The molecule has 0 atom stereocenters. The van der Waals surface area contributed by atoms with Crippen molar-refractivity contribution in [2.24, 2.45) is 0 Å². The molecule has 80 valence electrons. The first-order valence-electron chi connectivity index (χ1n) is 4.43. The highest BCUT2D eigenvalue weighted by Gasteiger charge is 2.15. The molecule has 0 unspecified atom stereocenters. The van der Waals surface area contributed by atoms with E-state index in [2.05, 4.69) is 21.1 Å². The molecule has 0 aromatic heterocycles. The van der Waals surface area contributed by atoms with Crippen LogP contribution in [0.4, 0.5) is 5.69 Å². The van der Waals surface area contributed by atoms with Crippen LogP contribution in [0, 0.1) is 13.8 Å². The van der Waals surface area contributed by atoms with Gasteiger partial charge >= 0.3 is 0 Å². The number of aryl methyl sites for hydroxylation is 1. The predicted octanol–water partition coefficient (Wildman–Crippen LogP) is 2.15. The second-order valence-electron chi connectivity index (χ2n) is 4.37. The molecule has 3 heteroatoms. The van der Waals surface area contributed by atoms with Crippen LogP contribution in [0.3, 0.4) is 0 Å². The lowest BCUT2D eigenvalue weighted by Crippen LogP contribution is -2.35. The van der Waals surface area contributed by atoms with E-state index < -0.39 is 0 Å². The smallest absolute Gasteiger partial charge is 0.134 e. The minimum Gasteiger partial charge on any atom is -0.872 e. The molecule has 2 nitrogen and oxygen atoms in total. The summed E-state index contributed by atoms with van der Waals surface area (Å²) < 4.78 is 0.696. The van der Waals surface area contributed by atoms with E-state index in [9.17, 15) is 5.11 Å². The summed E-state index contributed by atoms with van der Waals surface area (Å²) in [6.45, 7) is 3.75. The van der Waals surface area contributed by atoms with E-state index in [1.54, 1.807) is 0 Å². The first-order chi connectivity index (χ1) is 5.84. The Hall–Kier alpha value is -0.540. The molecule has 0 amide bonds. The molecule has 0 bridgehead atoms. The van der Waals surface area contributed by atoms with Crippen LogP contribution in [-0.4, -0.2) is 21.1 Å². The highest BCUT2D eigenvalue weighted by Crippen LogP contribution is 2.29. The first-order valence-corrected chi connectivity index (χ1v) is 4.43. The van der Waals surface area contributed by atoms with E-state index in [-0.39, 0.29) is 22.7 Å². The minimum atomic E-state index is 0. The van der Waals surface area contributed by atoms with Crippen LogP contribution in [0.15, 0.2) is 12.1 Å². The topological polar surface area (TPSA) is 23.1 Å². The van der Waals surface area contributed by atoms with Crippen molar-refractivity contribution in [3.05, 3.63) is 23.3 Å². The summed E-state index contributed by atoms with van der Waals surface area (Å²) in [6, 6.07) is 3.93. The Morgan fingerprint density at radius 3 is 2.00 bits per heavy atom. The molecule has 14 heavy (non-hydrogen) atoms. The van der Waals surface area contributed by atoms with E-state index in [1.165, 1.54) is 0 Å². The molecule has 0 spiro atoms. The van der Waals surface area contributed by atoms with Crippen LogP contribution >= 0.6 is 17.0 Å². The summed E-state index contributed by atoms with van der Waals surface area (Å²) in [5.74, 6) is 0.172. The molecule has 0 heterocycles. The molecule has 1 aromatic rings. The van der Waals surface area contributed by atoms with E-state index >= 15 is 0 Å². The van der Waals surface area contributed by atoms with Crippen LogP contribution in [0.25, 0.3) is 0 Å². The van der Waals surface area contributed by atoms with Gasteiger partial charge in [0.05, 0.1) is 21.1 Å². The fraction of sp³-hybridized carbons (Fsp3) is 0.455. The molecule has 0 saturated carbocycles. The molecule has 0 saturated heterocycles. The van der Waals surface area contributed by atoms with Crippen molar-refractivity contribution in [2.45, 2.75) is 13.8 Å². The molecule has 0 aliphatic heterocycles. The third-order valence-electron chi connectivity index (χ3n) is 2.30. The SMILES string of the molecule is Br.Cc1ccc([N+](C)(C)C)c(C)c1[O-]. The van der Waals surface area contributed by atoms with E-state index in [4.69, 9.17) is 0 Å². The van der Waals surface area contributed by atoms with Gasteiger partial charge in [0.2, 0.25) is 0 Å². The maximum absolute atomic E-state index is 11.6. The zero-order chi connectivity index (χ0) is 10.2. The Balaban J connectivity index is 0.00000169. The highest BCUT2D eigenvalue weighted by atomic mass is 79.9. The molecular formula is C11H18BrNO. The van der Waals surface area contributed by atoms with Crippen LogP contribution in [0.2, 0.25) is 0 Å². The van der Waals surface area contributed by atoms with Gasteiger partial charge in [-0.3, -0.25) is 4.48 Å². The Morgan fingerprint density at radius 1 is 1.07 bits per heavy atom. The summed E-state index contributed by atoms with van der Waals surface area (Å²) in [5.41, 5.74) is 2.79. The summed E-state index contributed by atoms with van der Waals surface area (Å²) >= 11 is 0. The summed E-state index contributed by atoms with van der Waals surface area (Å²) in [6.07, 6.45) is 0. The van der Waals surface area contributed by atoms with Gasteiger partial charge in [0.1, 0.15) is 5.69 Å². The van der Waals surface area contributed by atoms with Gasteiger partial charge in [-0.2, -0.15) is 0 Å². The lowest BCUT2D eigenvalue weighted by molar-refractivity contribution is -0.270. The third-order valence-corrected chi connectivity index (χ3v) is 2.30. The van der Waals surface area contributed by atoms with Crippen molar-refractivity contribution in [2.75, 3.05) is 21.1 Å². The molecule has 1 rings (SSSR count). The number of quaternary nitrogens is 1. The van der Waals surface area contributed by atoms with Crippen LogP contribution in [0.5, 0.6) is 5.75 Å². The van der Waals surface area contributed by atoms with E-state index in [1.807, 2.05) is 26.0 Å². The van der Waals surface area contributed by atoms with Gasteiger partial charge in [0, 0.05) is 5.56 Å². The van der Waals surface area contributed by atoms with Crippen LogP contribution in [0.1, 0.15) is 11.1 Å². The average Bonchev–Trinajstić information content (AvgIpc) is 1.98. The van der Waals surface area contributed by atoms with Crippen LogP contribution < -0.4 is 9.59 Å². The zero-order valence-corrected chi connectivity index (χ0v) is 11.1. The average molecular weight is 260 g/mol. The van der Waals surface area contributed by atoms with Crippen molar-refractivity contribution in [3.63, 3.8) is 0 Å². The van der Waals surface area contributed by atoms with Gasteiger partial charge in [-0.1, -0.05) is 17.4 Å².